The van der Waals surface area contributed by atoms with Crippen LogP contribution in [0.15, 0.2) is 12.3 Å². The van der Waals surface area contributed by atoms with Gasteiger partial charge in [0.15, 0.2) is 5.15 Å². The Morgan fingerprint density at radius 2 is 2.40 bits per heavy atom. The van der Waals surface area contributed by atoms with E-state index in [2.05, 4.69) is 4.98 Å². The predicted octanol–water partition coefficient (Wildman–Crippen LogP) is 1.88. The molecule has 10 heavy (non-hydrogen) atoms. The maximum absolute atomic E-state index is 5.66. The van der Waals surface area contributed by atoms with Gasteiger partial charge in [0, 0.05) is 6.20 Å². The molecule has 0 aliphatic heterocycles. The van der Waals surface area contributed by atoms with Crippen molar-refractivity contribution in [3.63, 3.8) is 0 Å². The predicted molar refractivity (Wildman–Crippen MR) is 43.0 cm³/mol. The third-order valence-electron chi connectivity index (χ3n) is 1.41. The molecule has 0 amide bonds. The lowest BCUT2D eigenvalue weighted by molar-refractivity contribution is 1.12. The fourth-order valence-electron chi connectivity index (χ4n) is 0.793. The zero-order chi connectivity index (χ0) is 7.56. The van der Waals surface area contributed by atoms with Gasteiger partial charge in [0.1, 0.15) is 0 Å². The highest BCUT2D eigenvalue weighted by Crippen LogP contribution is 2.19. The maximum Gasteiger partial charge on any atom is 0.152 e. The van der Waals surface area contributed by atoms with Gasteiger partial charge in [-0.2, -0.15) is 0 Å². The summed E-state index contributed by atoms with van der Waals surface area (Å²) in [6.45, 7) is 2.03. The molecule has 0 atom stereocenters. The van der Waals surface area contributed by atoms with Crippen LogP contribution in [0.2, 0.25) is 5.15 Å². The Bertz CT molecular complexity index is 235. The van der Waals surface area contributed by atoms with E-state index in [1.54, 1.807) is 6.20 Å². The molecule has 0 spiro atoms. The summed E-state index contributed by atoms with van der Waals surface area (Å²) in [5.74, 6) is 0. The number of pyridine rings is 1. The maximum atomic E-state index is 5.66. The van der Waals surface area contributed by atoms with Gasteiger partial charge in [0.25, 0.3) is 0 Å². The average molecular weight is 157 g/mol. The summed E-state index contributed by atoms with van der Waals surface area (Å²) < 4.78 is 0. The van der Waals surface area contributed by atoms with Gasteiger partial charge < -0.3 is 5.73 Å². The van der Waals surface area contributed by atoms with E-state index in [0.717, 1.165) is 12.0 Å². The van der Waals surface area contributed by atoms with Crippen molar-refractivity contribution in [3.05, 3.63) is 23.0 Å². The quantitative estimate of drug-likeness (QED) is 0.631. The van der Waals surface area contributed by atoms with Crippen molar-refractivity contribution in [1.82, 2.24) is 4.98 Å². The highest BCUT2D eigenvalue weighted by atomic mass is 35.5. The van der Waals surface area contributed by atoms with Crippen LogP contribution in [0.3, 0.4) is 0 Å². The standard InChI is InChI=1S/C7H9ClN2/c1-2-5-3-4-10-7(8)6(5)9/h3-4H,2,9H2,1H3. The Hall–Kier alpha value is -0.760. The zero-order valence-corrected chi connectivity index (χ0v) is 6.52. The lowest BCUT2D eigenvalue weighted by Crippen LogP contribution is -1.94. The van der Waals surface area contributed by atoms with Crippen molar-refractivity contribution in [2.24, 2.45) is 0 Å². The molecule has 0 radical (unpaired) electrons. The lowest BCUT2D eigenvalue weighted by atomic mass is 10.2. The van der Waals surface area contributed by atoms with Gasteiger partial charge in [-0.25, -0.2) is 4.98 Å². The van der Waals surface area contributed by atoms with Crippen LogP contribution in [0.5, 0.6) is 0 Å². The Labute approximate surface area is 65.0 Å². The Morgan fingerprint density at radius 1 is 1.70 bits per heavy atom. The van der Waals surface area contributed by atoms with Crippen LogP contribution in [0, 0.1) is 0 Å². The van der Waals surface area contributed by atoms with Crippen LogP contribution in [0.25, 0.3) is 0 Å². The number of rotatable bonds is 1. The molecular weight excluding hydrogens is 148 g/mol. The first-order valence-electron chi connectivity index (χ1n) is 3.14. The smallest absolute Gasteiger partial charge is 0.152 e. The van der Waals surface area contributed by atoms with Gasteiger partial charge in [0.2, 0.25) is 0 Å². The summed E-state index contributed by atoms with van der Waals surface area (Å²) in [5, 5.41) is 0.402. The van der Waals surface area contributed by atoms with Gasteiger partial charge in [-0.3, -0.25) is 0 Å². The number of nitrogens with two attached hydrogens (primary N) is 1. The Morgan fingerprint density at radius 3 is 2.90 bits per heavy atom. The molecule has 54 valence electrons. The van der Waals surface area contributed by atoms with Gasteiger partial charge in [-0.15, -0.1) is 0 Å². The second kappa shape index (κ2) is 2.88. The van der Waals surface area contributed by atoms with Crippen LogP contribution in [0.4, 0.5) is 5.69 Å². The van der Waals surface area contributed by atoms with Gasteiger partial charge >= 0.3 is 0 Å². The van der Waals surface area contributed by atoms with Gasteiger partial charge in [-0.1, -0.05) is 18.5 Å². The zero-order valence-electron chi connectivity index (χ0n) is 5.76. The van der Waals surface area contributed by atoms with Crippen molar-refractivity contribution >= 4 is 17.3 Å². The van der Waals surface area contributed by atoms with Gasteiger partial charge in [-0.05, 0) is 18.1 Å². The molecule has 1 rings (SSSR count). The van der Waals surface area contributed by atoms with Crippen molar-refractivity contribution < 1.29 is 0 Å². The number of nitrogens with zero attached hydrogens (tertiary/aromatic N) is 1. The summed E-state index contributed by atoms with van der Waals surface area (Å²) in [4.78, 5) is 3.83. The normalized spacial score (nSPS) is 9.80. The second-order valence-corrected chi connectivity index (χ2v) is 2.39. The molecule has 0 bridgehead atoms. The molecule has 0 fully saturated rings. The Balaban J connectivity index is 3.14. The number of hydrogen-bond acceptors (Lipinski definition) is 2. The van der Waals surface area contributed by atoms with E-state index >= 15 is 0 Å². The molecule has 1 heterocycles. The fraction of sp³-hybridized carbons (Fsp3) is 0.286. The summed E-state index contributed by atoms with van der Waals surface area (Å²) in [6, 6.07) is 1.88. The average Bonchev–Trinajstić information content (AvgIpc) is 1.95. The number of anilines is 1. The summed E-state index contributed by atoms with van der Waals surface area (Å²) in [7, 11) is 0. The van der Waals surface area contributed by atoms with E-state index in [0.29, 0.717) is 10.8 Å². The summed E-state index contributed by atoms with van der Waals surface area (Å²) in [5.41, 5.74) is 7.26. The SMILES string of the molecule is CCc1ccnc(Cl)c1N. The molecule has 1 aromatic heterocycles. The molecule has 2 nitrogen and oxygen atoms in total. The molecule has 0 aromatic carbocycles. The first-order valence-corrected chi connectivity index (χ1v) is 3.52. The van der Waals surface area contributed by atoms with E-state index in [9.17, 15) is 0 Å². The third kappa shape index (κ3) is 1.21. The van der Waals surface area contributed by atoms with Crippen molar-refractivity contribution in [1.29, 1.82) is 0 Å². The molecule has 0 aliphatic rings. The summed E-state index contributed by atoms with van der Waals surface area (Å²) >= 11 is 5.66. The van der Waals surface area contributed by atoms with Crippen LogP contribution in [0.1, 0.15) is 12.5 Å². The number of hydrogen-bond donors (Lipinski definition) is 1. The molecule has 2 N–H and O–H groups in total. The first-order chi connectivity index (χ1) is 4.75. The first kappa shape index (κ1) is 7.35. The minimum Gasteiger partial charge on any atom is -0.396 e. The highest BCUT2D eigenvalue weighted by Gasteiger charge is 1.99. The van der Waals surface area contributed by atoms with E-state index in [4.69, 9.17) is 17.3 Å². The topological polar surface area (TPSA) is 38.9 Å². The van der Waals surface area contributed by atoms with Crippen molar-refractivity contribution in [3.8, 4) is 0 Å². The minimum atomic E-state index is 0.402. The fourth-order valence-corrected chi connectivity index (χ4v) is 0.971. The minimum absolute atomic E-state index is 0.402. The number of aromatic nitrogens is 1. The molecule has 1 aromatic rings. The van der Waals surface area contributed by atoms with Crippen LogP contribution in [-0.2, 0) is 6.42 Å². The van der Waals surface area contributed by atoms with Crippen molar-refractivity contribution in [2.75, 3.05) is 5.73 Å². The summed E-state index contributed by atoms with van der Waals surface area (Å²) in [6.07, 6.45) is 2.56. The highest BCUT2D eigenvalue weighted by molar-refractivity contribution is 6.31. The van der Waals surface area contributed by atoms with E-state index in [1.807, 2.05) is 13.0 Å². The van der Waals surface area contributed by atoms with E-state index in [-0.39, 0.29) is 0 Å². The van der Waals surface area contributed by atoms with Crippen molar-refractivity contribution in [2.45, 2.75) is 13.3 Å². The number of nitrogen functional groups attached to an aromatic ring is 1. The second-order valence-electron chi connectivity index (χ2n) is 2.03. The van der Waals surface area contributed by atoms with Crippen LogP contribution in [-0.4, -0.2) is 4.98 Å². The molecule has 0 saturated heterocycles. The van der Waals surface area contributed by atoms with E-state index < -0.39 is 0 Å². The molecule has 0 saturated carbocycles. The molecule has 3 heteroatoms. The number of aryl methyl sites for hydroxylation is 1. The van der Waals surface area contributed by atoms with Crippen LogP contribution < -0.4 is 5.73 Å². The Kier molecular flexibility index (Phi) is 2.12. The largest absolute Gasteiger partial charge is 0.396 e. The monoisotopic (exact) mass is 156 g/mol. The molecular formula is C7H9ClN2. The molecule has 0 unspecified atom stereocenters. The molecule has 0 aliphatic carbocycles. The lowest BCUT2D eigenvalue weighted by Gasteiger charge is -2.01. The van der Waals surface area contributed by atoms with E-state index in [1.165, 1.54) is 0 Å². The van der Waals surface area contributed by atoms with Crippen LogP contribution >= 0.6 is 11.6 Å². The third-order valence-corrected chi connectivity index (χ3v) is 1.71. The number of halogens is 1. The van der Waals surface area contributed by atoms with Gasteiger partial charge in [0.05, 0.1) is 5.69 Å².